The Bertz CT molecular complexity index is 443. The summed E-state index contributed by atoms with van der Waals surface area (Å²) in [7, 11) is 0. The van der Waals surface area contributed by atoms with E-state index in [1.165, 1.54) is 11.1 Å². The minimum absolute atomic E-state index is 0.0748. The molecular formula is C16H25NO3. The van der Waals surface area contributed by atoms with Gasteiger partial charge in [0.2, 0.25) is 0 Å². The molecule has 4 heteroatoms. The number of aliphatic hydroxyl groups excluding tert-OH is 1. The lowest BCUT2D eigenvalue weighted by Gasteiger charge is -2.16. The number of ether oxygens (including phenoxy) is 1. The Morgan fingerprint density at radius 3 is 2.60 bits per heavy atom. The van der Waals surface area contributed by atoms with Gasteiger partial charge in [0.05, 0.1) is 0 Å². The lowest BCUT2D eigenvalue weighted by molar-refractivity contribution is -0.127. The Hall–Kier alpha value is -1.55. The van der Waals surface area contributed by atoms with Crippen molar-refractivity contribution in [1.82, 2.24) is 5.32 Å². The second kappa shape index (κ2) is 7.90. The Morgan fingerprint density at radius 2 is 2.05 bits per heavy atom. The average Bonchev–Trinajstić information content (AvgIpc) is 2.38. The molecule has 4 nitrogen and oxygen atoms in total. The number of carbonyl (C=O) groups excluding carboxylic acids is 1. The van der Waals surface area contributed by atoms with Crippen molar-refractivity contribution in [3.63, 3.8) is 0 Å². The highest BCUT2D eigenvalue weighted by Gasteiger charge is 2.14. The minimum atomic E-state index is -0.544. The van der Waals surface area contributed by atoms with Crippen LogP contribution >= 0.6 is 0 Å². The van der Waals surface area contributed by atoms with Crippen LogP contribution in [0.25, 0.3) is 0 Å². The van der Waals surface area contributed by atoms with E-state index in [9.17, 15) is 4.79 Å². The second-order valence-electron chi connectivity index (χ2n) is 5.30. The predicted octanol–water partition coefficient (Wildman–Crippen LogP) is 2.38. The van der Waals surface area contributed by atoms with Crippen LogP contribution in [-0.4, -0.2) is 30.3 Å². The van der Waals surface area contributed by atoms with Crippen molar-refractivity contribution in [3.8, 4) is 5.75 Å². The van der Waals surface area contributed by atoms with Crippen molar-refractivity contribution in [3.05, 3.63) is 29.3 Å². The summed E-state index contributed by atoms with van der Waals surface area (Å²) in [5, 5.41) is 11.4. The molecule has 20 heavy (non-hydrogen) atoms. The largest absolute Gasteiger partial charge is 0.481 e. The summed E-state index contributed by atoms with van der Waals surface area (Å²) in [6, 6.07) is 5.92. The highest BCUT2D eigenvalue weighted by atomic mass is 16.5. The molecule has 1 unspecified atom stereocenters. The van der Waals surface area contributed by atoms with Gasteiger partial charge in [-0.2, -0.15) is 0 Å². The molecule has 1 amide bonds. The van der Waals surface area contributed by atoms with Crippen LogP contribution < -0.4 is 10.1 Å². The topological polar surface area (TPSA) is 58.6 Å². The number of aliphatic hydroxyl groups is 1. The third-order valence-electron chi connectivity index (χ3n) is 3.18. The van der Waals surface area contributed by atoms with Crippen LogP contribution in [0.4, 0.5) is 0 Å². The van der Waals surface area contributed by atoms with Crippen LogP contribution in [0.3, 0.4) is 0 Å². The smallest absolute Gasteiger partial charge is 0.260 e. The van der Waals surface area contributed by atoms with Gasteiger partial charge in [0.15, 0.2) is 6.10 Å². The van der Waals surface area contributed by atoms with Crippen LogP contribution in [0.1, 0.15) is 44.2 Å². The number of aryl methyl sites for hydroxylation is 1. The van der Waals surface area contributed by atoms with Crippen LogP contribution in [0.15, 0.2) is 18.2 Å². The van der Waals surface area contributed by atoms with E-state index in [0.717, 1.165) is 0 Å². The van der Waals surface area contributed by atoms with Gasteiger partial charge in [0.1, 0.15) is 5.75 Å². The van der Waals surface area contributed by atoms with Crippen molar-refractivity contribution in [2.45, 2.75) is 46.1 Å². The molecule has 0 aliphatic carbocycles. The third kappa shape index (κ3) is 4.85. The fourth-order valence-electron chi connectivity index (χ4n) is 2.06. The van der Waals surface area contributed by atoms with E-state index in [0.29, 0.717) is 24.6 Å². The Labute approximate surface area is 121 Å². The predicted molar refractivity (Wildman–Crippen MR) is 80.1 cm³/mol. The molecule has 0 saturated carbocycles. The number of hydrogen-bond donors (Lipinski definition) is 2. The van der Waals surface area contributed by atoms with Gasteiger partial charge in [0.25, 0.3) is 5.91 Å². The summed E-state index contributed by atoms with van der Waals surface area (Å²) >= 11 is 0. The lowest BCUT2D eigenvalue weighted by Crippen LogP contribution is -2.37. The fourth-order valence-corrected chi connectivity index (χ4v) is 2.06. The van der Waals surface area contributed by atoms with Gasteiger partial charge in [-0.3, -0.25) is 4.79 Å². The average molecular weight is 279 g/mol. The number of hydrogen-bond acceptors (Lipinski definition) is 3. The van der Waals surface area contributed by atoms with Gasteiger partial charge in [-0.05, 0) is 49.4 Å². The zero-order chi connectivity index (χ0) is 15.1. The molecule has 0 aromatic heterocycles. The summed E-state index contributed by atoms with van der Waals surface area (Å²) < 4.78 is 5.65. The van der Waals surface area contributed by atoms with Crippen LogP contribution in [0.5, 0.6) is 5.75 Å². The zero-order valence-electron chi connectivity index (χ0n) is 12.8. The maximum atomic E-state index is 11.8. The summed E-state index contributed by atoms with van der Waals surface area (Å²) in [6.45, 7) is 8.62. The van der Waals surface area contributed by atoms with E-state index in [1.807, 2.05) is 25.1 Å². The Kier molecular flexibility index (Phi) is 6.52. The van der Waals surface area contributed by atoms with Crippen molar-refractivity contribution >= 4 is 5.91 Å². The van der Waals surface area contributed by atoms with Crippen LogP contribution in [0.2, 0.25) is 0 Å². The molecule has 0 heterocycles. The van der Waals surface area contributed by atoms with E-state index >= 15 is 0 Å². The van der Waals surface area contributed by atoms with E-state index in [4.69, 9.17) is 9.84 Å². The van der Waals surface area contributed by atoms with Crippen LogP contribution in [-0.2, 0) is 4.79 Å². The summed E-state index contributed by atoms with van der Waals surface area (Å²) in [5.41, 5.74) is 2.46. The van der Waals surface area contributed by atoms with Gasteiger partial charge in [-0.15, -0.1) is 0 Å². The lowest BCUT2D eigenvalue weighted by atomic mass is 9.98. The molecule has 0 bridgehead atoms. The standard InChI is InChI=1S/C16H25NO3/c1-11(2)15-7-6-14(10-12(15)3)20-13(4)16(19)17-8-5-9-18/h6-7,10-11,13,18H,5,8-9H2,1-4H3,(H,17,19). The van der Waals surface area contributed by atoms with Gasteiger partial charge in [-0.25, -0.2) is 0 Å². The number of amides is 1. The van der Waals surface area contributed by atoms with E-state index in [2.05, 4.69) is 19.2 Å². The maximum Gasteiger partial charge on any atom is 0.260 e. The van der Waals surface area contributed by atoms with Gasteiger partial charge in [-0.1, -0.05) is 19.9 Å². The molecule has 1 aromatic rings. The summed E-state index contributed by atoms with van der Waals surface area (Å²) in [5.74, 6) is 1.02. The number of carbonyl (C=O) groups is 1. The first-order valence-electron chi connectivity index (χ1n) is 7.11. The number of rotatable bonds is 7. The Balaban J connectivity index is 2.59. The molecule has 0 aliphatic rings. The molecule has 0 spiro atoms. The number of benzene rings is 1. The molecule has 0 radical (unpaired) electrons. The fraction of sp³-hybridized carbons (Fsp3) is 0.562. The number of nitrogens with one attached hydrogen (secondary N) is 1. The summed E-state index contributed by atoms with van der Waals surface area (Å²) in [6.07, 6.45) is 0.0127. The summed E-state index contributed by atoms with van der Waals surface area (Å²) in [4.78, 5) is 11.8. The highest BCUT2D eigenvalue weighted by molar-refractivity contribution is 5.80. The van der Waals surface area contributed by atoms with Gasteiger partial charge >= 0.3 is 0 Å². The second-order valence-corrected chi connectivity index (χ2v) is 5.30. The van der Waals surface area contributed by atoms with Gasteiger partial charge < -0.3 is 15.2 Å². The van der Waals surface area contributed by atoms with Crippen molar-refractivity contribution in [1.29, 1.82) is 0 Å². The molecule has 1 aromatic carbocycles. The van der Waals surface area contributed by atoms with E-state index in [-0.39, 0.29) is 12.5 Å². The first kappa shape index (κ1) is 16.5. The molecular weight excluding hydrogens is 254 g/mol. The monoisotopic (exact) mass is 279 g/mol. The third-order valence-corrected chi connectivity index (χ3v) is 3.18. The van der Waals surface area contributed by atoms with Gasteiger partial charge in [0, 0.05) is 13.2 Å². The molecule has 112 valence electrons. The molecule has 1 atom stereocenters. The first-order valence-corrected chi connectivity index (χ1v) is 7.11. The molecule has 0 fully saturated rings. The van der Waals surface area contributed by atoms with Crippen molar-refractivity contribution < 1.29 is 14.6 Å². The first-order chi connectivity index (χ1) is 9.45. The molecule has 0 saturated heterocycles. The minimum Gasteiger partial charge on any atom is -0.481 e. The normalized spacial score (nSPS) is 12.3. The van der Waals surface area contributed by atoms with Crippen molar-refractivity contribution in [2.24, 2.45) is 0 Å². The van der Waals surface area contributed by atoms with Crippen LogP contribution in [0, 0.1) is 6.92 Å². The van der Waals surface area contributed by atoms with Crippen molar-refractivity contribution in [2.75, 3.05) is 13.2 Å². The molecule has 1 rings (SSSR count). The quantitative estimate of drug-likeness (QED) is 0.753. The molecule has 2 N–H and O–H groups in total. The SMILES string of the molecule is Cc1cc(OC(C)C(=O)NCCCO)ccc1C(C)C. The zero-order valence-corrected chi connectivity index (χ0v) is 12.8. The Morgan fingerprint density at radius 1 is 1.35 bits per heavy atom. The van der Waals surface area contributed by atoms with E-state index < -0.39 is 6.10 Å². The highest BCUT2D eigenvalue weighted by Crippen LogP contribution is 2.24. The van der Waals surface area contributed by atoms with E-state index in [1.54, 1.807) is 6.92 Å². The maximum absolute atomic E-state index is 11.8. The molecule has 0 aliphatic heterocycles.